The smallest absolute Gasteiger partial charge is 0.262 e. The zero-order valence-corrected chi connectivity index (χ0v) is 12.1. The Morgan fingerprint density at radius 2 is 2.09 bits per heavy atom. The number of aromatic hydroxyl groups is 1. The lowest BCUT2D eigenvalue weighted by Gasteiger charge is -2.15. The largest absolute Gasteiger partial charge is 0.507 e. The van der Waals surface area contributed by atoms with Gasteiger partial charge in [0.25, 0.3) is 5.91 Å². The first-order valence-electron chi connectivity index (χ1n) is 6.53. The molecule has 0 atom stereocenters. The van der Waals surface area contributed by atoms with Crippen LogP contribution in [0.2, 0.25) is 0 Å². The van der Waals surface area contributed by atoms with Gasteiger partial charge in [0.1, 0.15) is 11.6 Å². The van der Waals surface area contributed by atoms with Gasteiger partial charge in [-0.25, -0.2) is 4.39 Å². The lowest BCUT2D eigenvalue weighted by Crippen LogP contribution is -2.36. The molecule has 0 saturated carbocycles. The highest BCUT2D eigenvalue weighted by atomic mass is 19.1. The maximum absolute atomic E-state index is 13.6. The first-order valence-corrected chi connectivity index (χ1v) is 6.53. The molecule has 2 aromatic rings. The number of nitriles is 1. The van der Waals surface area contributed by atoms with Gasteiger partial charge in [-0.05, 0) is 42.3 Å². The minimum atomic E-state index is -0.856. The SMILES string of the molecule is Cc1ccc(F)cc1-c1c(C#N)ccc(O)c1C(=O)NC(=N)N. The number of guanidine groups is 1. The Labute approximate surface area is 131 Å². The molecule has 6 nitrogen and oxygen atoms in total. The van der Waals surface area contributed by atoms with Crippen LogP contribution in [0.25, 0.3) is 11.1 Å². The van der Waals surface area contributed by atoms with E-state index in [0.29, 0.717) is 11.1 Å². The summed E-state index contributed by atoms with van der Waals surface area (Å²) in [5.74, 6) is -2.42. The third kappa shape index (κ3) is 3.11. The number of halogens is 1. The zero-order valence-electron chi connectivity index (χ0n) is 12.1. The van der Waals surface area contributed by atoms with Crippen LogP contribution in [-0.2, 0) is 0 Å². The highest BCUT2D eigenvalue weighted by Gasteiger charge is 2.23. The van der Waals surface area contributed by atoms with Crippen LogP contribution in [0, 0.1) is 29.5 Å². The number of carbonyl (C=O) groups excluding carboxylic acids is 1. The summed E-state index contributed by atoms with van der Waals surface area (Å²) < 4.78 is 13.6. The molecule has 7 heteroatoms. The van der Waals surface area contributed by atoms with Crippen LogP contribution in [0.5, 0.6) is 5.75 Å². The molecule has 2 aromatic carbocycles. The van der Waals surface area contributed by atoms with E-state index in [2.05, 4.69) is 5.32 Å². The van der Waals surface area contributed by atoms with Crippen molar-refractivity contribution in [1.29, 1.82) is 10.7 Å². The van der Waals surface area contributed by atoms with Gasteiger partial charge in [0.15, 0.2) is 5.96 Å². The van der Waals surface area contributed by atoms with Crippen LogP contribution in [0.15, 0.2) is 30.3 Å². The summed E-state index contributed by atoms with van der Waals surface area (Å²) in [6, 6.07) is 8.37. The number of rotatable bonds is 2. The molecule has 0 fully saturated rings. The van der Waals surface area contributed by atoms with E-state index in [-0.39, 0.29) is 16.7 Å². The van der Waals surface area contributed by atoms with Crippen LogP contribution < -0.4 is 11.1 Å². The maximum Gasteiger partial charge on any atom is 0.262 e. The molecule has 0 bridgehead atoms. The van der Waals surface area contributed by atoms with E-state index < -0.39 is 23.4 Å². The van der Waals surface area contributed by atoms with Gasteiger partial charge in [-0.1, -0.05) is 6.07 Å². The number of hydrogen-bond acceptors (Lipinski definition) is 4. The third-order valence-corrected chi connectivity index (χ3v) is 3.25. The molecule has 0 aliphatic carbocycles. The fraction of sp³-hybridized carbons (Fsp3) is 0.0625. The Hall–Kier alpha value is -3.40. The minimum absolute atomic E-state index is 0.0863. The van der Waals surface area contributed by atoms with Crippen molar-refractivity contribution in [3.63, 3.8) is 0 Å². The zero-order chi connectivity index (χ0) is 17.1. The fourth-order valence-corrected chi connectivity index (χ4v) is 2.24. The molecule has 0 aromatic heterocycles. The number of phenolic OH excluding ortho intramolecular Hbond substituents is 1. The number of carbonyl (C=O) groups is 1. The van der Waals surface area contributed by atoms with Crippen LogP contribution in [0.1, 0.15) is 21.5 Å². The quantitative estimate of drug-likeness (QED) is 0.500. The van der Waals surface area contributed by atoms with Gasteiger partial charge < -0.3 is 10.8 Å². The topological polar surface area (TPSA) is 123 Å². The Kier molecular flexibility index (Phi) is 4.27. The highest BCUT2D eigenvalue weighted by molar-refractivity contribution is 6.10. The van der Waals surface area contributed by atoms with Crippen LogP contribution in [0.4, 0.5) is 4.39 Å². The average molecular weight is 312 g/mol. The van der Waals surface area contributed by atoms with E-state index in [1.165, 1.54) is 30.3 Å². The van der Waals surface area contributed by atoms with Crippen LogP contribution in [0.3, 0.4) is 0 Å². The molecule has 116 valence electrons. The van der Waals surface area contributed by atoms with Gasteiger partial charge in [-0.2, -0.15) is 5.26 Å². The van der Waals surface area contributed by atoms with E-state index in [4.69, 9.17) is 11.1 Å². The summed E-state index contributed by atoms with van der Waals surface area (Å²) >= 11 is 0. The van der Waals surface area contributed by atoms with Gasteiger partial charge in [-0.3, -0.25) is 15.5 Å². The molecule has 0 spiro atoms. The molecule has 0 unspecified atom stereocenters. The summed E-state index contributed by atoms with van der Waals surface area (Å²) in [6.07, 6.45) is 0. The number of nitrogens with one attached hydrogen (secondary N) is 2. The molecule has 5 N–H and O–H groups in total. The summed E-state index contributed by atoms with van der Waals surface area (Å²) in [7, 11) is 0. The average Bonchev–Trinajstić information content (AvgIpc) is 2.48. The van der Waals surface area contributed by atoms with Gasteiger partial charge in [0.2, 0.25) is 0 Å². The lowest BCUT2D eigenvalue weighted by molar-refractivity contribution is 0.0974. The number of nitrogens with two attached hydrogens (primary N) is 1. The Morgan fingerprint density at radius 1 is 1.39 bits per heavy atom. The number of nitrogens with zero attached hydrogens (tertiary/aromatic N) is 1. The molecule has 23 heavy (non-hydrogen) atoms. The highest BCUT2D eigenvalue weighted by Crippen LogP contribution is 2.35. The second-order valence-electron chi connectivity index (χ2n) is 4.82. The molecule has 1 amide bonds. The van der Waals surface area contributed by atoms with Crippen LogP contribution >= 0.6 is 0 Å². The molecule has 0 aliphatic rings. The fourth-order valence-electron chi connectivity index (χ4n) is 2.24. The molecule has 2 rings (SSSR count). The maximum atomic E-state index is 13.6. The second kappa shape index (κ2) is 6.15. The first kappa shape index (κ1) is 16.0. The van der Waals surface area contributed by atoms with Gasteiger partial charge in [0.05, 0.1) is 17.2 Å². The Bertz CT molecular complexity index is 856. The Morgan fingerprint density at radius 3 is 2.70 bits per heavy atom. The number of aryl methyl sites for hydroxylation is 1. The second-order valence-corrected chi connectivity index (χ2v) is 4.82. The number of phenols is 1. The predicted octanol–water partition coefficient (Wildman–Crippen LogP) is 2.00. The first-order chi connectivity index (χ1) is 10.8. The third-order valence-electron chi connectivity index (χ3n) is 3.25. The van der Waals surface area contributed by atoms with Crippen molar-refractivity contribution in [1.82, 2.24) is 5.32 Å². The van der Waals surface area contributed by atoms with Crippen molar-refractivity contribution in [2.24, 2.45) is 5.73 Å². The molecular formula is C16H13FN4O2. The number of hydrogen-bond donors (Lipinski definition) is 4. The van der Waals surface area contributed by atoms with Crippen LogP contribution in [-0.4, -0.2) is 17.0 Å². The molecule has 0 radical (unpaired) electrons. The normalized spacial score (nSPS) is 9.96. The van der Waals surface area contributed by atoms with Crippen molar-refractivity contribution < 1.29 is 14.3 Å². The van der Waals surface area contributed by atoms with E-state index in [0.717, 1.165) is 0 Å². The molecule has 0 heterocycles. The summed E-state index contributed by atoms with van der Waals surface area (Å²) in [5, 5.41) is 28.5. The summed E-state index contributed by atoms with van der Waals surface area (Å²) in [6.45, 7) is 1.69. The summed E-state index contributed by atoms with van der Waals surface area (Å²) in [5.41, 5.74) is 5.98. The predicted molar refractivity (Wildman–Crippen MR) is 82.3 cm³/mol. The van der Waals surface area contributed by atoms with E-state index in [1.54, 1.807) is 6.92 Å². The van der Waals surface area contributed by atoms with Crippen molar-refractivity contribution >= 4 is 11.9 Å². The monoisotopic (exact) mass is 312 g/mol. The van der Waals surface area contributed by atoms with E-state index in [1.807, 2.05) is 6.07 Å². The summed E-state index contributed by atoms with van der Waals surface area (Å²) in [4.78, 5) is 12.2. The Balaban J connectivity index is 2.82. The lowest BCUT2D eigenvalue weighted by atomic mass is 9.91. The van der Waals surface area contributed by atoms with Crippen molar-refractivity contribution in [3.05, 3.63) is 52.8 Å². The van der Waals surface area contributed by atoms with Crippen molar-refractivity contribution in [2.45, 2.75) is 6.92 Å². The number of benzene rings is 2. The minimum Gasteiger partial charge on any atom is -0.507 e. The molecule has 0 saturated heterocycles. The van der Waals surface area contributed by atoms with Gasteiger partial charge in [-0.15, -0.1) is 0 Å². The van der Waals surface area contributed by atoms with Crippen molar-refractivity contribution in [3.8, 4) is 22.9 Å². The van der Waals surface area contributed by atoms with Gasteiger partial charge in [0, 0.05) is 5.56 Å². The number of amides is 1. The molecule has 0 aliphatic heterocycles. The standard InChI is InChI=1S/C16H13FN4O2/c1-8-2-4-10(17)6-11(8)13-9(7-18)3-5-12(22)14(13)15(23)21-16(19)20/h2-6,22H,1H3,(H4,19,20,21,23). The van der Waals surface area contributed by atoms with Crippen molar-refractivity contribution in [2.75, 3.05) is 0 Å². The van der Waals surface area contributed by atoms with Gasteiger partial charge >= 0.3 is 0 Å². The van der Waals surface area contributed by atoms with E-state index >= 15 is 0 Å². The van der Waals surface area contributed by atoms with E-state index in [9.17, 15) is 19.6 Å². The molecular weight excluding hydrogens is 299 g/mol.